The van der Waals surface area contributed by atoms with E-state index in [1.165, 1.54) is 11.3 Å². The van der Waals surface area contributed by atoms with Crippen LogP contribution < -0.4 is 19.6 Å². The molecule has 4 nitrogen and oxygen atoms in total. The topological polar surface area (TPSA) is 43.6 Å². The summed E-state index contributed by atoms with van der Waals surface area (Å²) in [4.78, 5) is 18.6. The van der Waals surface area contributed by atoms with Crippen molar-refractivity contribution in [1.82, 2.24) is 4.57 Å². The van der Waals surface area contributed by atoms with Crippen molar-refractivity contribution >= 4 is 23.5 Å². The van der Waals surface area contributed by atoms with Crippen LogP contribution in [0.4, 0.5) is 0 Å². The first kappa shape index (κ1) is 16.3. The Bertz CT molecular complexity index is 1220. The highest BCUT2D eigenvalue weighted by Crippen LogP contribution is 2.42. The van der Waals surface area contributed by atoms with Crippen LogP contribution in [-0.4, -0.2) is 10.3 Å². The van der Waals surface area contributed by atoms with Gasteiger partial charge in [0.2, 0.25) is 5.72 Å². The Balaban J connectivity index is 1.63. The molecule has 0 aliphatic carbocycles. The molecule has 3 heterocycles. The maximum Gasteiger partial charge on any atom is 0.270 e. The Kier molecular flexibility index (Phi) is 3.65. The second kappa shape index (κ2) is 6.06. The van der Waals surface area contributed by atoms with E-state index in [0.29, 0.717) is 11.0 Å². The predicted molar refractivity (Wildman–Crippen MR) is 108 cm³/mol. The molecular formula is C22H18N2O2S. The van der Waals surface area contributed by atoms with Crippen LogP contribution in [0.2, 0.25) is 0 Å². The summed E-state index contributed by atoms with van der Waals surface area (Å²) in [6.07, 6.45) is 6.47. The van der Waals surface area contributed by atoms with E-state index in [1.54, 1.807) is 0 Å². The number of thiazole rings is 1. The van der Waals surface area contributed by atoms with E-state index in [9.17, 15) is 4.79 Å². The molecule has 0 fully saturated rings. The van der Waals surface area contributed by atoms with Gasteiger partial charge in [-0.1, -0.05) is 72.0 Å². The lowest BCUT2D eigenvalue weighted by molar-refractivity contribution is 0.0410. The van der Waals surface area contributed by atoms with Crippen LogP contribution in [0.15, 0.2) is 70.5 Å². The van der Waals surface area contributed by atoms with Crippen LogP contribution >= 0.6 is 11.3 Å². The van der Waals surface area contributed by atoms with Gasteiger partial charge in [0, 0.05) is 12.0 Å². The molecule has 2 atom stereocenters. The lowest BCUT2D eigenvalue weighted by Gasteiger charge is -2.39. The summed E-state index contributed by atoms with van der Waals surface area (Å²) in [5.41, 5.74) is 1.55. The number of allylic oxidation sites excluding steroid dienone is 1. The number of ether oxygens (including phenoxy) is 1. The van der Waals surface area contributed by atoms with E-state index in [-0.39, 0.29) is 11.6 Å². The zero-order chi connectivity index (χ0) is 18.4. The zero-order valence-corrected chi connectivity index (χ0v) is 15.6. The van der Waals surface area contributed by atoms with Gasteiger partial charge >= 0.3 is 0 Å². The first-order valence-electron chi connectivity index (χ1n) is 8.96. The molecule has 27 heavy (non-hydrogen) atoms. The minimum Gasteiger partial charge on any atom is -0.466 e. The average Bonchev–Trinajstić information content (AvgIpc) is 2.97. The third kappa shape index (κ3) is 2.75. The third-order valence-corrected chi connectivity index (χ3v) is 6.00. The number of fused-ring (bicyclic) bond motifs is 6. The minimum atomic E-state index is -0.618. The van der Waals surface area contributed by atoms with Crippen molar-refractivity contribution in [2.75, 3.05) is 0 Å². The molecule has 5 heteroatoms. The summed E-state index contributed by atoms with van der Waals surface area (Å²) in [6.45, 7) is 1.99. The van der Waals surface area contributed by atoms with E-state index in [2.05, 4.69) is 0 Å². The van der Waals surface area contributed by atoms with E-state index in [0.717, 1.165) is 21.7 Å². The normalized spacial score (nSPS) is 23.4. The van der Waals surface area contributed by atoms with Crippen LogP contribution in [0, 0.1) is 0 Å². The molecule has 0 N–H and O–H groups in total. The Labute approximate surface area is 160 Å². The van der Waals surface area contributed by atoms with Crippen LogP contribution in [0.5, 0.6) is 5.75 Å². The molecule has 2 aliphatic heterocycles. The number of aromatic nitrogens is 1. The second-order valence-corrected chi connectivity index (χ2v) is 8.02. The molecule has 0 amide bonds. The molecule has 0 saturated carbocycles. The van der Waals surface area contributed by atoms with Crippen LogP contribution in [0.3, 0.4) is 0 Å². The van der Waals surface area contributed by atoms with Crippen molar-refractivity contribution in [1.29, 1.82) is 0 Å². The Morgan fingerprint density at radius 3 is 2.81 bits per heavy atom. The fourth-order valence-electron chi connectivity index (χ4n) is 3.76. The lowest BCUT2D eigenvalue weighted by Crippen LogP contribution is -2.49. The summed E-state index contributed by atoms with van der Waals surface area (Å²) in [5.74, 6) is 0.818. The maximum absolute atomic E-state index is 13.1. The van der Waals surface area contributed by atoms with E-state index in [1.807, 2.05) is 84.3 Å². The van der Waals surface area contributed by atoms with Crippen molar-refractivity contribution in [2.45, 2.75) is 25.1 Å². The minimum absolute atomic E-state index is 0.0141. The van der Waals surface area contributed by atoms with Gasteiger partial charge in [0.15, 0.2) is 4.80 Å². The van der Waals surface area contributed by atoms with E-state index >= 15 is 0 Å². The smallest absolute Gasteiger partial charge is 0.270 e. The molecule has 0 saturated heterocycles. The van der Waals surface area contributed by atoms with Crippen molar-refractivity contribution in [3.8, 4) is 5.75 Å². The van der Waals surface area contributed by atoms with E-state index < -0.39 is 5.72 Å². The molecule has 3 aromatic rings. The number of para-hydroxylation sites is 1. The summed E-state index contributed by atoms with van der Waals surface area (Å²) in [6, 6.07) is 17.9. The van der Waals surface area contributed by atoms with Gasteiger partial charge in [0.1, 0.15) is 5.75 Å². The lowest BCUT2D eigenvalue weighted by atomic mass is 9.93. The number of hydrogen-bond donors (Lipinski definition) is 0. The predicted octanol–water partition coefficient (Wildman–Crippen LogP) is 3.13. The quantitative estimate of drug-likeness (QED) is 0.692. The van der Waals surface area contributed by atoms with Gasteiger partial charge in [-0.15, -0.1) is 0 Å². The largest absolute Gasteiger partial charge is 0.466 e. The van der Waals surface area contributed by atoms with Crippen LogP contribution in [0.1, 0.15) is 30.5 Å². The van der Waals surface area contributed by atoms with Crippen molar-refractivity contribution < 1.29 is 4.74 Å². The monoisotopic (exact) mass is 374 g/mol. The first-order chi connectivity index (χ1) is 13.1. The number of benzene rings is 2. The van der Waals surface area contributed by atoms with Gasteiger partial charge in [-0.25, -0.2) is 4.99 Å². The summed E-state index contributed by atoms with van der Waals surface area (Å²) in [5, 5.41) is 0. The van der Waals surface area contributed by atoms with Crippen LogP contribution in [-0.2, 0) is 0 Å². The molecule has 2 bridgehead atoms. The summed E-state index contributed by atoms with van der Waals surface area (Å²) in [7, 11) is 0. The Hall–Kier alpha value is -2.92. The summed E-state index contributed by atoms with van der Waals surface area (Å²) >= 11 is 1.42. The van der Waals surface area contributed by atoms with Crippen LogP contribution in [0.25, 0.3) is 12.2 Å². The maximum atomic E-state index is 13.1. The molecule has 2 aliphatic rings. The third-order valence-electron chi connectivity index (χ3n) is 5.00. The fourth-order valence-corrected chi connectivity index (χ4v) is 4.84. The van der Waals surface area contributed by atoms with E-state index in [4.69, 9.17) is 9.73 Å². The van der Waals surface area contributed by atoms with Crippen molar-refractivity contribution in [3.05, 3.63) is 91.5 Å². The molecular weight excluding hydrogens is 356 g/mol. The molecule has 5 rings (SSSR count). The van der Waals surface area contributed by atoms with Gasteiger partial charge in [-0.05, 0) is 24.6 Å². The number of hydrogen-bond acceptors (Lipinski definition) is 4. The molecule has 0 radical (unpaired) electrons. The molecule has 2 aromatic carbocycles. The Morgan fingerprint density at radius 2 is 1.96 bits per heavy atom. The highest BCUT2D eigenvalue weighted by molar-refractivity contribution is 7.07. The Morgan fingerprint density at radius 1 is 1.19 bits per heavy atom. The average molecular weight is 374 g/mol. The summed E-state index contributed by atoms with van der Waals surface area (Å²) < 4.78 is 8.65. The van der Waals surface area contributed by atoms with Gasteiger partial charge in [0.05, 0.1) is 10.6 Å². The highest BCUT2D eigenvalue weighted by Gasteiger charge is 2.42. The first-order valence-corrected chi connectivity index (χ1v) is 9.77. The van der Waals surface area contributed by atoms with Gasteiger partial charge < -0.3 is 4.74 Å². The van der Waals surface area contributed by atoms with Crippen molar-refractivity contribution in [3.63, 3.8) is 0 Å². The standard InChI is InChI=1S/C22H18N2O2S/c1-22-14-17(16-11-5-6-12-18(16)26-22)24-20(25)19(27-21(24)23-22)13-7-10-15-8-3-2-4-9-15/h2-13,17H,14H2,1H3/b10-7+,19-13-/t17-,22-/m0/s1. The van der Waals surface area contributed by atoms with Crippen molar-refractivity contribution in [2.24, 2.45) is 4.99 Å². The SMILES string of the molecule is C[C@@]12C[C@@H](c3ccccc3O1)n1c(s/c(=C\C=C\c3ccccc3)c1=O)=N2. The molecule has 0 unspecified atom stereocenters. The molecule has 1 aromatic heterocycles. The highest BCUT2D eigenvalue weighted by atomic mass is 32.1. The molecule has 0 spiro atoms. The van der Waals surface area contributed by atoms with Gasteiger partial charge in [0.25, 0.3) is 5.56 Å². The number of nitrogens with zero attached hydrogens (tertiary/aromatic N) is 2. The second-order valence-electron chi connectivity index (χ2n) is 7.01. The van der Waals surface area contributed by atoms with Gasteiger partial charge in [-0.2, -0.15) is 0 Å². The zero-order valence-electron chi connectivity index (χ0n) is 14.8. The number of rotatable bonds is 2. The molecule has 134 valence electrons. The fraction of sp³-hybridized carbons (Fsp3) is 0.182. The van der Waals surface area contributed by atoms with Gasteiger partial charge in [-0.3, -0.25) is 9.36 Å².